The number of carbonyl (C=O) groups is 2. The highest BCUT2D eigenvalue weighted by Crippen LogP contribution is 2.17. The Bertz CT molecular complexity index is 630. The Morgan fingerprint density at radius 2 is 2.00 bits per heavy atom. The fourth-order valence-electron chi connectivity index (χ4n) is 1.75. The molecule has 1 aromatic heterocycles. The van der Waals surface area contributed by atoms with Gasteiger partial charge >= 0.3 is 5.97 Å². The third-order valence-electron chi connectivity index (χ3n) is 3.05. The number of hydrogen-bond acceptors (Lipinski definition) is 5. The Kier molecular flexibility index (Phi) is 5.43. The molecule has 0 aliphatic rings. The van der Waals surface area contributed by atoms with Crippen LogP contribution in [0, 0.1) is 6.92 Å². The zero-order chi connectivity index (χ0) is 17.1. The predicted molar refractivity (Wildman–Crippen MR) is 79.1 cm³/mol. The number of hydrogen-bond donors (Lipinski definition) is 3. The number of carboxylic acids is 1. The van der Waals surface area contributed by atoms with Crippen molar-refractivity contribution in [3.63, 3.8) is 0 Å². The van der Waals surface area contributed by atoms with Crippen molar-refractivity contribution in [2.45, 2.75) is 39.2 Å². The zero-order valence-corrected chi connectivity index (χ0v) is 13.3. The number of ether oxygens (including phenoxy) is 1. The molecule has 0 radical (unpaired) electrons. The van der Waals surface area contributed by atoms with E-state index in [-0.39, 0.29) is 23.2 Å². The van der Waals surface area contributed by atoms with Crippen LogP contribution < -0.4 is 10.9 Å². The fraction of sp³-hybridized carbons (Fsp3) is 0.571. The molecular formula is C14H21N3O5. The maximum absolute atomic E-state index is 12.1. The first-order chi connectivity index (χ1) is 10.1. The highest BCUT2D eigenvalue weighted by molar-refractivity contribution is 5.95. The molecule has 0 spiro atoms. The second-order valence-electron chi connectivity index (χ2n) is 5.90. The third kappa shape index (κ3) is 4.14. The van der Waals surface area contributed by atoms with Crippen molar-refractivity contribution < 1.29 is 19.4 Å². The number of H-pyrrole nitrogens is 1. The molecule has 0 fully saturated rings. The minimum atomic E-state index is -1.20. The first kappa shape index (κ1) is 17.8. The molecule has 0 aliphatic carbocycles. The molecule has 1 unspecified atom stereocenters. The number of carbonyl (C=O) groups excluding carboxylic acids is 1. The molecule has 1 aromatic rings. The molecule has 0 saturated carbocycles. The zero-order valence-electron chi connectivity index (χ0n) is 13.3. The number of carboxylic acid groups (broad SMARTS) is 1. The van der Waals surface area contributed by atoms with E-state index in [4.69, 9.17) is 9.84 Å². The second-order valence-corrected chi connectivity index (χ2v) is 5.90. The van der Waals surface area contributed by atoms with Gasteiger partial charge in [-0.15, -0.1) is 0 Å². The summed E-state index contributed by atoms with van der Waals surface area (Å²) in [5.41, 5.74) is -0.758. The highest BCUT2D eigenvalue weighted by atomic mass is 16.5. The van der Waals surface area contributed by atoms with Gasteiger partial charge in [0.1, 0.15) is 11.4 Å². The molecule has 22 heavy (non-hydrogen) atoms. The van der Waals surface area contributed by atoms with Crippen LogP contribution in [0.15, 0.2) is 4.79 Å². The number of nitrogens with one attached hydrogen (secondary N) is 2. The van der Waals surface area contributed by atoms with Crippen LogP contribution >= 0.6 is 0 Å². The minimum absolute atomic E-state index is 0.131. The first-order valence-corrected chi connectivity index (χ1v) is 6.73. The largest absolute Gasteiger partial charge is 0.479 e. The molecule has 8 nitrogen and oxygen atoms in total. The van der Waals surface area contributed by atoms with Crippen molar-refractivity contribution in [1.29, 1.82) is 0 Å². The molecule has 8 heteroatoms. The van der Waals surface area contributed by atoms with Crippen LogP contribution in [-0.2, 0) is 14.9 Å². The normalized spacial score (nSPS) is 12.8. The van der Waals surface area contributed by atoms with Crippen molar-refractivity contribution in [3.8, 4) is 0 Å². The number of methoxy groups -OCH3 is 1. The third-order valence-corrected chi connectivity index (χ3v) is 3.05. The van der Waals surface area contributed by atoms with Crippen LogP contribution in [0.3, 0.4) is 0 Å². The van der Waals surface area contributed by atoms with Gasteiger partial charge in [0.05, 0.1) is 12.2 Å². The Morgan fingerprint density at radius 3 is 2.41 bits per heavy atom. The van der Waals surface area contributed by atoms with Gasteiger partial charge in [-0.1, -0.05) is 20.8 Å². The lowest BCUT2D eigenvalue weighted by Crippen LogP contribution is -2.40. The van der Waals surface area contributed by atoms with Crippen LogP contribution in [0.4, 0.5) is 0 Å². The van der Waals surface area contributed by atoms with Gasteiger partial charge in [-0.3, -0.25) is 9.59 Å². The summed E-state index contributed by atoms with van der Waals surface area (Å²) in [4.78, 5) is 41.8. The van der Waals surface area contributed by atoms with E-state index >= 15 is 0 Å². The van der Waals surface area contributed by atoms with Crippen molar-refractivity contribution >= 4 is 11.9 Å². The van der Waals surface area contributed by atoms with Gasteiger partial charge in [0.2, 0.25) is 0 Å². The molecule has 0 bridgehead atoms. The monoisotopic (exact) mass is 311 g/mol. The van der Waals surface area contributed by atoms with E-state index in [0.29, 0.717) is 5.82 Å². The van der Waals surface area contributed by atoms with E-state index in [1.807, 2.05) is 20.8 Å². The summed E-state index contributed by atoms with van der Waals surface area (Å²) in [6, 6.07) is 0. The van der Waals surface area contributed by atoms with E-state index in [1.54, 1.807) is 6.92 Å². The summed E-state index contributed by atoms with van der Waals surface area (Å²) < 4.78 is 4.71. The Morgan fingerprint density at radius 1 is 1.41 bits per heavy atom. The quantitative estimate of drug-likeness (QED) is 0.714. The smallest absolute Gasteiger partial charge is 0.334 e. The molecule has 1 atom stereocenters. The number of aromatic amines is 1. The number of aliphatic carboxylic acids is 1. The molecule has 122 valence electrons. The van der Waals surface area contributed by atoms with E-state index in [9.17, 15) is 14.4 Å². The van der Waals surface area contributed by atoms with Gasteiger partial charge < -0.3 is 20.1 Å². The summed E-state index contributed by atoms with van der Waals surface area (Å²) in [6.45, 7) is 6.98. The molecular weight excluding hydrogens is 290 g/mol. The van der Waals surface area contributed by atoms with Crippen LogP contribution in [0.25, 0.3) is 0 Å². The summed E-state index contributed by atoms with van der Waals surface area (Å²) in [7, 11) is 1.22. The van der Waals surface area contributed by atoms with Gasteiger partial charge in [0.25, 0.3) is 11.5 Å². The van der Waals surface area contributed by atoms with E-state index in [0.717, 1.165) is 0 Å². The molecule has 0 aliphatic heterocycles. The molecule has 0 aromatic carbocycles. The first-order valence-electron chi connectivity index (χ1n) is 6.73. The highest BCUT2D eigenvalue weighted by Gasteiger charge is 2.23. The molecule has 1 rings (SSSR count). The lowest BCUT2D eigenvalue weighted by molar-refractivity contribution is -0.148. The maximum atomic E-state index is 12.1. The van der Waals surface area contributed by atoms with Crippen LogP contribution in [0.5, 0.6) is 0 Å². The molecule has 1 amide bonds. The van der Waals surface area contributed by atoms with Gasteiger partial charge in [0.15, 0.2) is 6.10 Å². The summed E-state index contributed by atoms with van der Waals surface area (Å²) in [5, 5.41) is 11.2. The lowest BCUT2D eigenvalue weighted by Gasteiger charge is -2.18. The lowest BCUT2D eigenvalue weighted by atomic mass is 9.95. The topological polar surface area (TPSA) is 121 Å². The average Bonchev–Trinajstić information content (AvgIpc) is 2.36. The van der Waals surface area contributed by atoms with Crippen LogP contribution in [0.2, 0.25) is 0 Å². The summed E-state index contributed by atoms with van der Waals surface area (Å²) >= 11 is 0. The summed E-state index contributed by atoms with van der Waals surface area (Å²) in [6.07, 6.45) is -1.18. The van der Waals surface area contributed by atoms with Gasteiger partial charge in [-0.25, -0.2) is 9.78 Å². The van der Waals surface area contributed by atoms with Gasteiger partial charge in [-0.05, 0) is 6.92 Å². The number of amides is 1. The van der Waals surface area contributed by atoms with Crippen molar-refractivity contribution in [3.05, 3.63) is 27.4 Å². The molecule has 3 N–H and O–H groups in total. The average molecular weight is 311 g/mol. The number of nitrogens with zero attached hydrogens (tertiary/aromatic N) is 1. The minimum Gasteiger partial charge on any atom is -0.479 e. The Hall–Kier alpha value is -2.22. The number of aryl methyl sites for hydroxylation is 1. The van der Waals surface area contributed by atoms with E-state index in [2.05, 4.69) is 15.3 Å². The van der Waals surface area contributed by atoms with Crippen LogP contribution in [0.1, 0.15) is 42.6 Å². The molecule has 1 heterocycles. The van der Waals surface area contributed by atoms with Crippen molar-refractivity contribution in [2.75, 3.05) is 13.7 Å². The Balaban J connectivity index is 3.00. The Labute approximate surface area is 127 Å². The predicted octanol–water partition coefficient (Wildman–Crippen LogP) is 0.205. The number of aromatic nitrogens is 2. The van der Waals surface area contributed by atoms with E-state index < -0.39 is 23.5 Å². The second kappa shape index (κ2) is 6.69. The van der Waals surface area contributed by atoms with Crippen molar-refractivity contribution in [1.82, 2.24) is 15.3 Å². The number of rotatable bonds is 5. The van der Waals surface area contributed by atoms with Gasteiger partial charge in [-0.2, -0.15) is 0 Å². The maximum Gasteiger partial charge on any atom is 0.334 e. The SMILES string of the molecule is COC(CNC(=O)c1c(C)nc(C(C)(C)C)[nH]c1=O)C(=O)O. The van der Waals surface area contributed by atoms with Crippen LogP contribution in [-0.4, -0.2) is 46.7 Å². The standard InChI is InChI=1S/C14H21N3O5/c1-7-9(10(18)15-6-8(22-5)12(20)21)11(19)17-13(16-7)14(2,3)4/h8H,6H2,1-5H3,(H,15,18)(H,20,21)(H,16,17,19). The fourth-order valence-corrected chi connectivity index (χ4v) is 1.75. The summed E-state index contributed by atoms with van der Waals surface area (Å²) in [5.74, 6) is -1.41. The van der Waals surface area contributed by atoms with E-state index in [1.165, 1.54) is 7.11 Å². The van der Waals surface area contributed by atoms with Gasteiger partial charge in [0, 0.05) is 12.5 Å². The van der Waals surface area contributed by atoms with Crippen molar-refractivity contribution in [2.24, 2.45) is 0 Å². The molecule has 0 saturated heterocycles.